The van der Waals surface area contributed by atoms with E-state index in [1.807, 2.05) is 6.07 Å². The normalized spacial score (nSPS) is 24.1. The molecule has 1 aliphatic rings. The summed E-state index contributed by atoms with van der Waals surface area (Å²) in [5.41, 5.74) is 1.37. The summed E-state index contributed by atoms with van der Waals surface area (Å²) in [6.07, 6.45) is 5.58. The number of aromatic nitrogens is 1. The average Bonchev–Trinajstić information content (AvgIpc) is 2.79. The van der Waals surface area contributed by atoms with Gasteiger partial charge in [0.05, 0.1) is 11.6 Å². The van der Waals surface area contributed by atoms with Crippen molar-refractivity contribution in [2.75, 3.05) is 26.3 Å². The molecule has 2 heterocycles. The molecule has 1 N–H and O–H groups in total. The van der Waals surface area contributed by atoms with E-state index in [9.17, 15) is 0 Å². The van der Waals surface area contributed by atoms with Crippen molar-refractivity contribution in [1.82, 2.24) is 10.3 Å². The molecule has 1 aromatic heterocycles. The van der Waals surface area contributed by atoms with E-state index in [2.05, 4.69) is 17.2 Å². The molecule has 3 nitrogen and oxygen atoms in total. The Morgan fingerprint density at radius 1 is 1.59 bits per heavy atom. The third-order valence-electron chi connectivity index (χ3n) is 3.36. The lowest BCUT2D eigenvalue weighted by molar-refractivity contribution is 0.149. The van der Waals surface area contributed by atoms with Crippen molar-refractivity contribution in [3.05, 3.63) is 29.0 Å². The summed E-state index contributed by atoms with van der Waals surface area (Å²) in [5, 5.41) is 4.19. The van der Waals surface area contributed by atoms with Crippen molar-refractivity contribution < 1.29 is 4.74 Å². The number of nitrogens with zero attached hydrogens (tertiary/aromatic N) is 1. The van der Waals surface area contributed by atoms with E-state index in [4.69, 9.17) is 16.3 Å². The lowest BCUT2D eigenvalue weighted by Crippen LogP contribution is -2.36. The summed E-state index contributed by atoms with van der Waals surface area (Å²) in [6, 6.07) is 2.01. The van der Waals surface area contributed by atoms with Crippen LogP contribution in [0.3, 0.4) is 0 Å². The summed E-state index contributed by atoms with van der Waals surface area (Å²) < 4.78 is 5.57. The first kappa shape index (κ1) is 12.8. The average molecular weight is 255 g/mol. The maximum Gasteiger partial charge on any atom is 0.0621 e. The smallest absolute Gasteiger partial charge is 0.0621 e. The standard InChI is InChI=1S/C13H19ClN2O/c1-2-15-9-13(4-6-17-10-13)7-11-3-5-16-8-12(11)14/h3,5,8,15H,2,4,6-7,9-10H2,1H3. The van der Waals surface area contributed by atoms with E-state index < -0.39 is 0 Å². The molecule has 1 aromatic rings. The highest BCUT2D eigenvalue weighted by Crippen LogP contribution is 2.33. The van der Waals surface area contributed by atoms with Crippen molar-refractivity contribution in [2.45, 2.75) is 19.8 Å². The summed E-state index contributed by atoms with van der Waals surface area (Å²) in [7, 11) is 0. The minimum Gasteiger partial charge on any atom is -0.381 e. The SMILES string of the molecule is CCNCC1(Cc2ccncc2Cl)CCOC1. The Balaban J connectivity index is 2.10. The minimum atomic E-state index is 0.195. The summed E-state index contributed by atoms with van der Waals surface area (Å²) >= 11 is 6.17. The first-order valence-electron chi connectivity index (χ1n) is 6.13. The fourth-order valence-corrected chi connectivity index (χ4v) is 2.52. The molecule has 0 spiro atoms. The van der Waals surface area contributed by atoms with Gasteiger partial charge in [-0.2, -0.15) is 0 Å². The first-order chi connectivity index (χ1) is 8.26. The van der Waals surface area contributed by atoms with Crippen LogP contribution in [0.4, 0.5) is 0 Å². The maximum atomic E-state index is 6.17. The van der Waals surface area contributed by atoms with Crippen LogP contribution in [-0.2, 0) is 11.2 Å². The predicted molar refractivity (Wildman–Crippen MR) is 69.4 cm³/mol. The number of halogens is 1. The molecular formula is C13H19ClN2O. The highest BCUT2D eigenvalue weighted by atomic mass is 35.5. The van der Waals surface area contributed by atoms with Crippen LogP contribution in [0.25, 0.3) is 0 Å². The third kappa shape index (κ3) is 3.18. The number of hydrogen-bond donors (Lipinski definition) is 1. The fourth-order valence-electron chi connectivity index (χ4n) is 2.33. The molecule has 1 saturated heterocycles. The Morgan fingerprint density at radius 3 is 3.12 bits per heavy atom. The number of nitrogens with one attached hydrogen (secondary N) is 1. The molecule has 0 aliphatic carbocycles. The molecule has 0 saturated carbocycles. The van der Waals surface area contributed by atoms with Crippen LogP contribution in [0.5, 0.6) is 0 Å². The van der Waals surface area contributed by atoms with Crippen molar-refractivity contribution in [3.63, 3.8) is 0 Å². The second kappa shape index (κ2) is 5.80. The maximum absolute atomic E-state index is 6.17. The van der Waals surface area contributed by atoms with Gasteiger partial charge in [0.15, 0.2) is 0 Å². The molecule has 2 rings (SSSR count). The molecule has 1 unspecified atom stereocenters. The Bertz CT molecular complexity index is 364. The largest absolute Gasteiger partial charge is 0.381 e. The second-order valence-electron chi connectivity index (χ2n) is 4.73. The lowest BCUT2D eigenvalue weighted by Gasteiger charge is -2.28. The van der Waals surface area contributed by atoms with Gasteiger partial charge in [-0.25, -0.2) is 0 Å². The van der Waals surface area contributed by atoms with Crippen LogP contribution in [0.15, 0.2) is 18.5 Å². The topological polar surface area (TPSA) is 34.2 Å². The van der Waals surface area contributed by atoms with Crippen molar-refractivity contribution in [3.8, 4) is 0 Å². The van der Waals surface area contributed by atoms with Gasteiger partial charge in [0.1, 0.15) is 0 Å². The van der Waals surface area contributed by atoms with Crippen LogP contribution >= 0.6 is 11.6 Å². The van der Waals surface area contributed by atoms with E-state index in [0.29, 0.717) is 0 Å². The first-order valence-corrected chi connectivity index (χ1v) is 6.50. The summed E-state index contributed by atoms with van der Waals surface area (Å²) in [4.78, 5) is 4.03. The summed E-state index contributed by atoms with van der Waals surface area (Å²) in [5.74, 6) is 0. The van der Waals surface area contributed by atoms with Gasteiger partial charge in [-0.1, -0.05) is 18.5 Å². The fraction of sp³-hybridized carbons (Fsp3) is 0.615. The third-order valence-corrected chi connectivity index (χ3v) is 3.70. The quantitative estimate of drug-likeness (QED) is 0.876. The zero-order valence-electron chi connectivity index (χ0n) is 10.2. The van der Waals surface area contributed by atoms with Gasteiger partial charge in [-0.05, 0) is 31.0 Å². The van der Waals surface area contributed by atoms with Gasteiger partial charge in [0.2, 0.25) is 0 Å². The highest BCUT2D eigenvalue weighted by Gasteiger charge is 2.35. The van der Waals surface area contributed by atoms with Gasteiger partial charge < -0.3 is 10.1 Å². The van der Waals surface area contributed by atoms with Crippen LogP contribution in [0, 0.1) is 5.41 Å². The molecule has 0 bridgehead atoms. The highest BCUT2D eigenvalue weighted by molar-refractivity contribution is 6.31. The Hall–Kier alpha value is -0.640. The van der Waals surface area contributed by atoms with Crippen LogP contribution in [0.1, 0.15) is 18.9 Å². The molecule has 0 amide bonds. The number of pyridine rings is 1. The zero-order valence-corrected chi connectivity index (χ0v) is 11.0. The van der Waals surface area contributed by atoms with E-state index in [-0.39, 0.29) is 5.41 Å². The molecule has 1 atom stereocenters. The minimum absolute atomic E-state index is 0.195. The van der Waals surface area contributed by atoms with Gasteiger partial charge >= 0.3 is 0 Å². The van der Waals surface area contributed by atoms with E-state index in [1.54, 1.807) is 12.4 Å². The van der Waals surface area contributed by atoms with E-state index in [1.165, 1.54) is 5.56 Å². The molecule has 17 heavy (non-hydrogen) atoms. The molecular weight excluding hydrogens is 236 g/mol. The second-order valence-corrected chi connectivity index (χ2v) is 5.13. The van der Waals surface area contributed by atoms with Crippen molar-refractivity contribution in [1.29, 1.82) is 0 Å². The number of ether oxygens (including phenoxy) is 1. The Labute approximate surface area is 108 Å². The lowest BCUT2D eigenvalue weighted by atomic mass is 9.81. The predicted octanol–water partition coefficient (Wildman–Crippen LogP) is 2.29. The van der Waals surface area contributed by atoms with Gasteiger partial charge in [0, 0.05) is 31.0 Å². The van der Waals surface area contributed by atoms with Crippen LogP contribution in [0.2, 0.25) is 5.02 Å². The van der Waals surface area contributed by atoms with E-state index in [0.717, 1.165) is 44.2 Å². The zero-order chi connectivity index (χ0) is 12.1. The van der Waals surface area contributed by atoms with Gasteiger partial charge in [-0.15, -0.1) is 0 Å². The molecule has 1 aliphatic heterocycles. The van der Waals surface area contributed by atoms with Crippen molar-refractivity contribution in [2.24, 2.45) is 5.41 Å². The Kier molecular flexibility index (Phi) is 4.37. The van der Waals surface area contributed by atoms with Crippen LogP contribution < -0.4 is 5.32 Å². The van der Waals surface area contributed by atoms with Gasteiger partial charge in [0.25, 0.3) is 0 Å². The molecule has 0 radical (unpaired) electrons. The number of hydrogen-bond acceptors (Lipinski definition) is 3. The monoisotopic (exact) mass is 254 g/mol. The van der Waals surface area contributed by atoms with E-state index >= 15 is 0 Å². The Morgan fingerprint density at radius 2 is 2.47 bits per heavy atom. The van der Waals surface area contributed by atoms with Crippen molar-refractivity contribution >= 4 is 11.6 Å². The van der Waals surface area contributed by atoms with Crippen LogP contribution in [-0.4, -0.2) is 31.3 Å². The number of rotatable bonds is 5. The molecule has 1 fully saturated rings. The summed E-state index contributed by atoms with van der Waals surface area (Å²) in [6.45, 7) is 5.78. The molecule has 94 valence electrons. The van der Waals surface area contributed by atoms with Gasteiger partial charge in [-0.3, -0.25) is 4.98 Å². The molecule has 0 aromatic carbocycles. The molecule has 4 heteroatoms.